The Morgan fingerprint density at radius 2 is 2.06 bits per heavy atom. The fourth-order valence-electron chi connectivity index (χ4n) is 1.50. The monoisotopic (exact) mass is 218 g/mol. The van der Waals surface area contributed by atoms with E-state index >= 15 is 0 Å². The van der Waals surface area contributed by atoms with Gasteiger partial charge in [0.15, 0.2) is 0 Å². The first-order chi connectivity index (χ1) is 7.33. The van der Waals surface area contributed by atoms with E-state index in [0.29, 0.717) is 0 Å². The molecular formula is C13H16NO2-. The average molecular weight is 218 g/mol. The van der Waals surface area contributed by atoms with Gasteiger partial charge in [-0.15, -0.1) is 0 Å². The lowest BCUT2D eigenvalue weighted by Crippen LogP contribution is -2.47. The fourth-order valence-corrected chi connectivity index (χ4v) is 1.50. The number of allylic oxidation sites excluding steroid dienone is 1. The molecule has 0 aromatic heterocycles. The lowest BCUT2D eigenvalue weighted by molar-refractivity contribution is -0.253. The van der Waals surface area contributed by atoms with Crippen molar-refractivity contribution in [2.24, 2.45) is 0 Å². The molecule has 3 heteroatoms. The van der Waals surface area contributed by atoms with Crippen molar-refractivity contribution >= 4 is 11.7 Å². The third kappa shape index (κ3) is 2.86. The van der Waals surface area contributed by atoms with Crippen LogP contribution in [0, 0.1) is 0 Å². The number of hydrogen-bond donors (Lipinski definition) is 1. The van der Waals surface area contributed by atoms with Crippen molar-refractivity contribution in [2.75, 3.05) is 0 Å². The molecule has 3 nitrogen and oxygen atoms in total. The van der Waals surface area contributed by atoms with Gasteiger partial charge < -0.3 is 15.2 Å². The molecule has 0 radical (unpaired) electrons. The second-order valence-corrected chi connectivity index (χ2v) is 4.40. The van der Waals surface area contributed by atoms with Crippen molar-refractivity contribution in [2.45, 2.75) is 26.3 Å². The molecule has 0 atom stereocenters. The maximum Gasteiger partial charge on any atom is 0.134 e. The molecule has 1 N–H and O–H groups in total. The molecule has 0 bridgehead atoms. The molecule has 1 aromatic rings. The van der Waals surface area contributed by atoms with Gasteiger partial charge in [-0.25, -0.2) is 0 Å². The number of carbonyl (C=O) groups excluding carboxylic acids is 1. The van der Waals surface area contributed by atoms with Gasteiger partial charge in [0.2, 0.25) is 0 Å². The molecule has 86 valence electrons. The summed E-state index contributed by atoms with van der Waals surface area (Å²) in [6.07, 6.45) is -1.27. The summed E-state index contributed by atoms with van der Waals surface area (Å²) < 4.78 is 0. The SMILES string of the molecule is C=C(C)c1cccc(C(C)(C)NC(=O)[O-])c1. The molecule has 0 fully saturated rings. The van der Waals surface area contributed by atoms with Gasteiger partial charge in [-0.1, -0.05) is 30.4 Å². The van der Waals surface area contributed by atoms with Crippen LogP contribution >= 0.6 is 0 Å². The molecule has 1 amide bonds. The maximum absolute atomic E-state index is 10.6. The van der Waals surface area contributed by atoms with E-state index < -0.39 is 11.6 Å². The zero-order chi connectivity index (χ0) is 12.3. The predicted octanol–water partition coefficient (Wildman–Crippen LogP) is 1.89. The fraction of sp³-hybridized carbons (Fsp3) is 0.308. The van der Waals surface area contributed by atoms with E-state index in [-0.39, 0.29) is 0 Å². The smallest absolute Gasteiger partial charge is 0.134 e. The van der Waals surface area contributed by atoms with Crippen molar-refractivity contribution in [3.8, 4) is 0 Å². The highest BCUT2D eigenvalue weighted by Crippen LogP contribution is 2.23. The van der Waals surface area contributed by atoms with Crippen LogP contribution in [0.5, 0.6) is 0 Å². The molecule has 0 heterocycles. The summed E-state index contributed by atoms with van der Waals surface area (Å²) in [5, 5.41) is 12.9. The van der Waals surface area contributed by atoms with Crippen molar-refractivity contribution < 1.29 is 9.90 Å². The zero-order valence-electron chi connectivity index (χ0n) is 9.83. The van der Waals surface area contributed by atoms with Gasteiger partial charge in [-0.05, 0) is 38.0 Å². The van der Waals surface area contributed by atoms with E-state index in [1.165, 1.54) is 0 Å². The summed E-state index contributed by atoms with van der Waals surface area (Å²) >= 11 is 0. The van der Waals surface area contributed by atoms with Gasteiger partial charge in [0.25, 0.3) is 0 Å². The standard InChI is InChI=1S/C13H17NO2/c1-9(2)10-6-5-7-11(8-10)13(3,4)14-12(15)16/h5-8,14H,1H2,2-4H3,(H,15,16)/p-1. The van der Waals surface area contributed by atoms with Crippen LogP contribution < -0.4 is 10.4 Å². The molecule has 0 aliphatic carbocycles. The van der Waals surface area contributed by atoms with E-state index in [0.717, 1.165) is 16.7 Å². The van der Waals surface area contributed by atoms with Crippen molar-refractivity contribution in [1.29, 1.82) is 0 Å². The molecule has 1 rings (SSSR count). The Labute approximate surface area is 95.8 Å². The molecule has 0 spiro atoms. The molecular weight excluding hydrogens is 202 g/mol. The van der Waals surface area contributed by atoms with Gasteiger partial charge in [0, 0.05) is 0 Å². The third-order valence-corrected chi connectivity index (χ3v) is 2.49. The largest absolute Gasteiger partial charge is 0.530 e. The number of nitrogens with one attached hydrogen (secondary N) is 1. The van der Waals surface area contributed by atoms with Gasteiger partial charge in [0.05, 0.1) is 5.54 Å². The quantitative estimate of drug-likeness (QED) is 0.842. The minimum Gasteiger partial charge on any atom is -0.530 e. The second kappa shape index (κ2) is 4.39. The van der Waals surface area contributed by atoms with E-state index in [2.05, 4.69) is 11.9 Å². The summed E-state index contributed by atoms with van der Waals surface area (Å²) in [4.78, 5) is 10.6. The number of rotatable bonds is 3. The molecule has 0 saturated heterocycles. The Morgan fingerprint density at radius 3 is 2.56 bits per heavy atom. The first kappa shape index (κ1) is 12.3. The maximum atomic E-state index is 10.6. The minimum atomic E-state index is -1.27. The van der Waals surface area contributed by atoms with Crippen molar-refractivity contribution in [3.05, 3.63) is 42.0 Å². The van der Waals surface area contributed by atoms with E-state index in [1.54, 1.807) is 13.8 Å². The number of carbonyl (C=O) groups is 1. The van der Waals surface area contributed by atoms with Gasteiger partial charge in [-0.2, -0.15) is 0 Å². The van der Waals surface area contributed by atoms with Crippen molar-refractivity contribution in [3.63, 3.8) is 0 Å². The number of amides is 1. The summed E-state index contributed by atoms with van der Waals surface area (Å²) in [7, 11) is 0. The highest BCUT2D eigenvalue weighted by molar-refractivity contribution is 5.65. The molecule has 0 aliphatic rings. The topological polar surface area (TPSA) is 52.2 Å². The van der Waals surface area contributed by atoms with Crippen LogP contribution in [0.15, 0.2) is 30.8 Å². The normalized spacial score (nSPS) is 10.9. The van der Waals surface area contributed by atoms with Gasteiger partial charge >= 0.3 is 0 Å². The van der Waals surface area contributed by atoms with Gasteiger partial charge in [0.1, 0.15) is 6.09 Å². The van der Waals surface area contributed by atoms with E-state index in [9.17, 15) is 9.90 Å². The summed E-state index contributed by atoms with van der Waals surface area (Å²) in [5.41, 5.74) is 2.18. The lowest BCUT2D eigenvalue weighted by Gasteiger charge is -2.28. The Hall–Kier alpha value is -1.77. The molecule has 0 unspecified atom stereocenters. The van der Waals surface area contributed by atoms with Crippen LogP contribution in [0.1, 0.15) is 31.9 Å². The first-order valence-corrected chi connectivity index (χ1v) is 5.08. The van der Waals surface area contributed by atoms with E-state index in [4.69, 9.17) is 0 Å². The Bertz CT molecular complexity index is 422. The van der Waals surface area contributed by atoms with Crippen LogP contribution in [0.2, 0.25) is 0 Å². The minimum absolute atomic E-state index is 0.662. The van der Waals surface area contributed by atoms with Crippen LogP contribution in [0.3, 0.4) is 0 Å². The summed E-state index contributed by atoms with van der Waals surface area (Å²) in [6.45, 7) is 9.36. The van der Waals surface area contributed by atoms with Crippen LogP contribution in [0.4, 0.5) is 4.79 Å². The van der Waals surface area contributed by atoms with E-state index in [1.807, 2.05) is 31.2 Å². The average Bonchev–Trinajstić information content (AvgIpc) is 2.16. The number of hydrogen-bond acceptors (Lipinski definition) is 2. The number of benzene rings is 1. The predicted molar refractivity (Wildman–Crippen MR) is 62.7 cm³/mol. The van der Waals surface area contributed by atoms with Crippen LogP contribution in [-0.2, 0) is 5.54 Å². The Balaban J connectivity index is 3.07. The molecule has 0 aliphatic heterocycles. The molecule has 1 aromatic carbocycles. The van der Waals surface area contributed by atoms with Crippen LogP contribution in [0.25, 0.3) is 5.57 Å². The third-order valence-electron chi connectivity index (χ3n) is 2.49. The first-order valence-electron chi connectivity index (χ1n) is 5.08. The van der Waals surface area contributed by atoms with Crippen LogP contribution in [-0.4, -0.2) is 6.09 Å². The zero-order valence-corrected chi connectivity index (χ0v) is 9.83. The lowest BCUT2D eigenvalue weighted by atomic mass is 9.92. The second-order valence-electron chi connectivity index (χ2n) is 4.40. The summed E-state index contributed by atoms with van der Waals surface area (Å²) in [5.74, 6) is 0. The molecule has 16 heavy (non-hydrogen) atoms. The Morgan fingerprint density at radius 1 is 1.44 bits per heavy atom. The number of carboxylic acid groups (broad SMARTS) is 1. The molecule has 0 saturated carbocycles. The van der Waals surface area contributed by atoms with Gasteiger partial charge in [-0.3, -0.25) is 0 Å². The summed E-state index contributed by atoms with van der Waals surface area (Å²) in [6, 6.07) is 7.64. The van der Waals surface area contributed by atoms with Crippen molar-refractivity contribution in [1.82, 2.24) is 5.32 Å². The Kier molecular flexibility index (Phi) is 3.38. The highest BCUT2D eigenvalue weighted by atomic mass is 16.4. The highest BCUT2D eigenvalue weighted by Gasteiger charge is 2.19.